The molecule has 0 aliphatic rings. The molecular formula is C12H21N3O3S. The molecule has 0 spiro atoms. The Balaban J connectivity index is 2.37. The van der Waals surface area contributed by atoms with Crippen LogP contribution in [0.25, 0.3) is 0 Å². The minimum Gasteiger partial charge on any atom is -0.481 e. The number of hydrogen-bond acceptors (Lipinski definition) is 5. The largest absolute Gasteiger partial charge is 0.481 e. The van der Waals surface area contributed by atoms with Gasteiger partial charge in [0.1, 0.15) is 0 Å². The zero-order valence-corrected chi connectivity index (χ0v) is 12.2. The fourth-order valence-electron chi connectivity index (χ4n) is 1.41. The lowest BCUT2D eigenvalue weighted by Crippen LogP contribution is -2.31. The lowest BCUT2D eigenvalue weighted by atomic mass is 10.3. The van der Waals surface area contributed by atoms with Gasteiger partial charge in [-0.1, -0.05) is 13.0 Å². The number of aromatic nitrogens is 1. The fraction of sp³-hybridized carbons (Fsp3) is 0.583. The van der Waals surface area contributed by atoms with E-state index in [0.29, 0.717) is 12.4 Å². The molecule has 19 heavy (non-hydrogen) atoms. The SMILES string of the molecule is CCCNCCS(=O)(=O)NCc1ccc(OC)nc1. The van der Waals surface area contributed by atoms with E-state index in [0.717, 1.165) is 18.5 Å². The lowest BCUT2D eigenvalue weighted by molar-refractivity contribution is 0.397. The van der Waals surface area contributed by atoms with Crippen LogP contribution in [0.4, 0.5) is 0 Å². The quantitative estimate of drug-likeness (QED) is 0.647. The van der Waals surface area contributed by atoms with Gasteiger partial charge in [-0.3, -0.25) is 0 Å². The molecule has 1 rings (SSSR count). The molecule has 0 aliphatic carbocycles. The first-order valence-corrected chi connectivity index (χ1v) is 7.89. The van der Waals surface area contributed by atoms with Gasteiger partial charge in [0.15, 0.2) is 0 Å². The summed E-state index contributed by atoms with van der Waals surface area (Å²) in [4.78, 5) is 4.01. The maximum Gasteiger partial charge on any atom is 0.213 e. The van der Waals surface area contributed by atoms with Crippen molar-refractivity contribution in [1.82, 2.24) is 15.0 Å². The first-order valence-electron chi connectivity index (χ1n) is 6.24. The van der Waals surface area contributed by atoms with Gasteiger partial charge in [0.2, 0.25) is 15.9 Å². The topological polar surface area (TPSA) is 80.3 Å². The highest BCUT2D eigenvalue weighted by atomic mass is 32.2. The number of methoxy groups -OCH3 is 1. The molecule has 108 valence electrons. The van der Waals surface area contributed by atoms with E-state index in [2.05, 4.69) is 15.0 Å². The van der Waals surface area contributed by atoms with Crippen molar-refractivity contribution in [1.29, 1.82) is 0 Å². The van der Waals surface area contributed by atoms with Crippen molar-refractivity contribution < 1.29 is 13.2 Å². The van der Waals surface area contributed by atoms with E-state index in [-0.39, 0.29) is 12.3 Å². The number of pyridine rings is 1. The van der Waals surface area contributed by atoms with E-state index in [9.17, 15) is 8.42 Å². The molecule has 7 heteroatoms. The lowest BCUT2D eigenvalue weighted by Gasteiger charge is -2.07. The Morgan fingerprint density at radius 3 is 2.68 bits per heavy atom. The first kappa shape index (κ1) is 15.9. The molecule has 0 atom stereocenters. The Bertz CT molecular complexity index is 460. The first-order chi connectivity index (χ1) is 9.07. The molecule has 0 radical (unpaired) electrons. The zero-order valence-electron chi connectivity index (χ0n) is 11.3. The van der Waals surface area contributed by atoms with E-state index in [4.69, 9.17) is 4.74 Å². The summed E-state index contributed by atoms with van der Waals surface area (Å²) in [6, 6.07) is 3.48. The van der Waals surface area contributed by atoms with E-state index in [1.165, 1.54) is 7.11 Å². The van der Waals surface area contributed by atoms with Crippen molar-refractivity contribution in [2.75, 3.05) is 26.0 Å². The summed E-state index contributed by atoms with van der Waals surface area (Å²) < 4.78 is 30.9. The summed E-state index contributed by atoms with van der Waals surface area (Å²) >= 11 is 0. The summed E-state index contributed by atoms with van der Waals surface area (Å²) in [5.74, 6) is 0.590. The second-order valence-corrected chi connectivity index (χ2v) is 6.03. The predicted molar refractivity (Wildman–Crippen MR) is 74.6 cm³/mol. The van der Waals surface area contributed by atoms with Gasteiger partial charge in [-0.25, -0.2) is 18.1 Å². The Kier molecular flexibility index (Phi) is 6.75. The summed E-state index contributed by atoms with van der Waals surface area (Å²) in [6.07, 6.45) is 2.59. The van der Waals surface area contributed by atoms with Crippen LogP contribution in [-0.4, -0.2) is 39.4 Å². The van der Waals surface area contributed by atoms with E-state index in [1.807, 2.05) is 6.92 Å². The van der Waals surface area contributed by atoms with Crippen molar-refractivity contribution in [2.24, 2.45) is 0 Å². The third kappa shape index (κ3) is 6.51. The van der Waals surface area contributed by atoms with Gasteiger partial charge >= 0.3 is 0 Å². The maximum atomic E-state index is 11.7. The molecule has 0 bridgehead atoms. The molecule has 1 aromatic rings. The van der Waals surface area contributed by atoms with Crippen LogP contribution in [0.1, 0.15) is 18.9 Å². The van der Waals surface area contributed by atoms with Crippen molar-refractivity contribution >= 4 is 10.0 Å². The molecule has 1 aromatic heterocycles. The monoisotopic (exact) mass is 287 g/mol. The second kappa shape index (κ2) is 8.08. The average Bonchev–Trinajstić information content (AvgIpc) is 2.42. The summed E-state index contributed by atoms with van der Waals surface area (Å²) in [6.45, 7) is 3.57. The standard InChI is InChI=1S/C12H21N3O3S/c1-3-6-13-7-8-19(16,17)15-10-11-4-5-12(18-2)14-9-11/h4-5,9,13,15H,3,6-8,10H2,1-2H3. The molecule has 0 aromatic carbocycles. The normalized spacial score (nSPS) is 11.5. The molecule has 2 N–H and O–H groups in total. The Labute approximate surface area is 114 Å². The molecule has 6 nitrogen and oxygen atoms in total. The Hall–Kier alpha value is -1.18. The minimum atomic E-state index is -3.25. The zero-order chi connectivity index (χ0) is 14.1. The molecule has 0 saturated carbocycles. The van der Waals surface area contributed by atoms with Gasteiger partial charge in [0.05, 0.1) is 12.9 Å². The molecule has 0 fully saturated rings. The van der Waals surface area contributed by atoms with E-state index >= 15 is 0 Å². The fourth-order valence-corrected chi connectivity index (χ4v) is 2.35. The number of rotatable bonds is 9. The van der Waals surface area contributed by atoms with Crippen LogP contribution in [0.2, 0.25) is 0 Å². The highest BCUT2D eigenvalue weighted by molar-refractivity contribution is 7.89. The number of hydrogen-bond donors (Lipinski definition) is 2. The van der Waals surface area contributed by atoms with Crippen LogP contribution >= 0.6 is 0 Å². The Morgan fingerprint density at radius 2 is 2.11 bits per heavy atom. The van der Waals surface area contributed by atoms with Crippen LogP contribution in [0.3, 0.4) is 0 Å². The van der Waals surface area contributed by atoms with Gasteiger partial charge in [-0.05, 0) is 18.5 Å². The predicted octanol–water partition coefficient (Wildman–Crippen LogP) is 0.509. The van der Waals surface area contributed by atoms with Crippen molar-refractivity contribution in [3.63, 3.8) is 0 Å². The van der Waals surface area contributed by atoms with Crippen LogP contribution < -0.4 is 14.8 Å². The van der Waals surface area contributed by atoms with Crippen LogP contribution in [0.15, 0.2) is 18.3 Å². The van der Waals surface area contributed by atoms with Crippen molar-refractivity contribution in [3.05, 3.63) is 23.9 Å². The molecule has 0 unspecified atom stereocenters. The smallest absolute Gasteiger partial charge is 0.213 e. The third-order valence-corrected chi connectivity index (χ3v) is 3.80. The number of sulfonamides is 1. The number of ether oxygens (including phenoxy) is 1. The summed E-state index contributed by atoms with van der Waals surface area (Å²) in [5.41, 5.74) is 0.797. The van der Waals surface area contributed by atoms with Crippen LogP contribution in [-0.2, 0) is 16.6 Å². The van der Waals surface area contributed by atoms with Gasteiger partial charge in [0.25, 0.3) is 0 Å². The highest BCUT2D eigenvalue weighted by Crippen LogP contribution is 2.06. The summed E-state index contributed by atoms with van der Waals surface area (Å²) in [7, 11) is -1.71. The average molecular weight is 287 g/mol. The molecule has 0 saturated heterocycles. The minimum absolute atomic E-state index is 0.0799. The van der Waals surface area contributed by atoms with Gasteiger partial charge in [-0.15, -0.1) is 0 Å². The maximum absolute atomic E-state index is 11.7. The van der Waals surface area contributed by atoms with Crippen LogP contribution in [0.5, 0.6) is 5.88 Å². The van der Waals surface area contributed by atoms with E-state index in [1.54, 1.807) is 18.3 Å². The third-order valence-electron chi connectivity index (χ3n) is 2.48. The number of nitrogens with one attached hydrogen (secondary N) is 2. The molecule has 0 aliphatic heterocycles. The van der Waals surface area contributed by atoms with Crippen LogP contribution in [0, 0.1) is 0 Å². The Morgan fingerprint density at radius 1 is 1.32 bits per heavy atom. The molecule has 0 amide bonds. The van der Waals surface area contributed by atoms with Crippen molar-refractivity contribution in [2.45, 2.75) is 19.9 Å². The molecular weight excluding hydrogens is 266 g/mol. The van der Waals surface area contributed by atoms with E-state index < -0.39 is 10.0 Å². The number of nitrogens with zero attached hydrogens (tertiary/aromatic N) is 1. The van der Waals surface area contributed by atoms with Gasteiger partial charge in [0, 0.05) is 25.4 Å². The summed E-state index contributed by atoms with van der Waals surface area (Å²) in [5, 5.41) is 3.06. The van der Waals surface area contributed by atoms with Crippen molar-refractivity contribution in [3.8, 4) is 5.88 Å². The van der Waals surface area contributed by atoms with Gasteiger partial charge in [-0.2, -0.15) is 0 Å². The second-order valence-electron chi connectivity index (χ2n) is 4.10. The van der Waals surface area contributed by atoms with Gasteiger partial charge < -0.3 is 10.1 Å². The highest BCUT2D eigenvalue weighted by Gasteiger charge is 2.09. The molecule has 1 heterocycles.